The van der Waals surface area contributed by atoms with E-state index < -0.39 is 0 Å². The van der Waals surface area contributed by atoms with E-state index in [9.17, 15) is 4.39 Å². The first-order valence-electron chi connectivity index (χ1n) is 5.37. The van der Waals surface area contributed by atoms with E-state index in [1.807, 2.05) is 6.07 Å². The van der Waals surface area contributed by atoms with Gasteiger partial charge in [-0.05, 0) is 24.3 Å². The number of hydrogen-bond acceptors (Lipinski definition) is 3. The minimum Gasteiger partial charge on any atom is -0.481 e. The molecule has 1 N–H and O–H groups in total. The molecular formula is C13H12ClFN2O. The number of aromatic nitrogens is 1. The number of methoxy groups -OCH3 is 1. The van der Waals surface area contributed by atoms with Crippen LogP contribution in [0.15, 0.2) is 36.5 Å². The van der Waals surface area contributed by atoms with E-state index >= 15 is 0 Å². The molecule has 0 saturated heterocycles. The molecule has 1 aromatic heterocycles. The molecule has 0 amide bonds. The fourth-order valence-corrected chi connectivity index (χ4v) is 1.74. The molecule has 0 saturated carbocycles. The summed E-state index contributed by atoms with van der Waals surface area (Å²) in [6.45, 7) is 0.411. The Kier molecular flexibility index (Phi) is 3.99. The third kappa shape index (κ3) is 2.90. The first kappa shape index (κ1) is 12.6. The van der Waals surface area contributed by atoms with Gasteiger partial charge in [0.05, 0.1) is 12.8 Å². The van der Waals surface area contributed by atoms with Crippen LogP contribution < -0.4 is 10.1 Å². The van der Waals surface area contributed by atoms with E-state index in [1.165, 1.54) is 12.1 Å². The fourth-order valence-electron chi connectivity index (χ4n) is 1.57. The summed E-state index contributed by atoms with van der Waals surface area (Å²) in [5.74, 6) is 0.176. The molecule has 2 rings (SSSR count). The van der Waals surface area contributed by atoms with E-state index in [0.29, 0.717) is 23.1 Å². The van der Waals surface area contributed by atoms with Gasteiger partial charge < -0.3 is 10.1 Å². The van der Waals surface area contributed by atoms with Crippen LogP contribution in [-0.4, -0.2) is 12.1 Å². The van der Waals surface area contributed by atoms with E-state index in [2.05, 4.69) is 10.3 Å². The predicted octanol–water partition coefficient (Wildman–Crippen LogP) is 3.49. The Morgan fingerprint density at radius 2 is 2.22 bits per heavy atom. The molecule has 0 unspecified atom stereocenters. The van der Waals surface area contributed by atoms with Crippen LogP contribution in [0.3, 0.4) is 0 Å². The van der Waals surface area contributed by atoms with Crippen LogP contribution in [-0.2, 0) is 6.54 Å². The molecule has 0 aliphatic rings. The van der Waals surface area contributed by atoms with Gasteiger partial charge in [0.2, 0.25) is 5.88 Å². The molecule has 0 aliphatic heterocycles. The van der Waals surface area contributed by atoms with Gasteiger partial charge in [-0.2, -0.15) is 0 Å². The second-order valence-electron chi connectivity index (χ2n) is 3.65. The summed E-state index contributed by atoms with van der Waals surface area (Å²) in [7, 11) is 1.55. The smallest absolute Gasteiger partial charge is 0.218 e. The molecule has 0 aliphatic carbocycles. The molecule has 2 aromatic rings. The van der Waals surface area contributed by atoms with Crippen molar-refractivity contribution >= 4 is 17.3 Å². The highest BCUT2D eigenvalue weighted by Crippen LogP contribution is 2.21. The Balaban J connectivity index is 2.14. The molecular weight excluding hydrogens is 255 g/mol. The van der Waals surface area contributed by atoms with Crippen molar-refractivity contribution in [3.63, 3.8) is 0 Å². The number of rotatable bonds is 4. The second-order valence-corrected chi connectivity index (χ2v) is 4.09. The Bertz CT molecular complexity index is 548. The van der Waals surface area contributed by atoms with Crippen molar-refractivity contribution in [3.05, 3.63) is 52.9 Å². The Morgan fingerprint density at radius 3 is 3.00 bits per heavy atom. The van der Waals surface area contributed by atoms with Crippen molar-refractivity contribution < 1.29 is 9.13 Å². The molecule has 18 heavy (non-hydrogen) atoms. The summed E-state index contributed by atoms with van der Waals surface area (Å²) in [6, 6.07) is 8.03. The number of nitrogens with zero attached hydrogens (tertiary/aromatic N) is 1. The first-order valence-corrected chi connectivity index (χ1v) is 5.75. The van der Waals surface area contributed by atoms with Crippen molar-refractivity contribution in [1.82, 2.24) is 4.98 Å². The van der Waals surface area contributed by atoms with Crippen LogP contribution in [0.4, 0.5) is 10.1 Å². The zero-order valence-electron chi connectivity index (χ0n) is 9.78. The average molecular weight is 267 g/mol. The van der Waals surface area contributed by atoms with Crippen LogP contribution in [0.1, 0.15) is 5.56 Å². The zero-order valence-corrected chi connectivity index (χ0v) is 10.5. The van der Waals surface area contributed by atoms with E-state index in [0.717, 1.165) is 5.56 Å². The monoisotopic (exact) mass is 266 g/mol. The largest absolute Gasteiger partial charge is 0.481 e. The molecule has 3 nitrogen and oxygen atoms in total. The van der Waals surface area contributed by atoms with Crippen LogP contribution in [0.5, 0.6) is 5.88 Å². The van der Waals surface area contributed by atoms with Crippen molar-refractivity contribution in [2.75, 3.05) is 12.4 Å². The molecule has 5 heteroatoms. The minimum absolute atomic E-state index is 0.345. The second kappa shape index (κ2) is 5.69. The summed E-state index contributed by atoms with van der Waals surface area (Å²) in [6.07, 6.45) is 1.64. The molecule has 0 fully saturated rings. The van der Waals surface area contributed by atoms with Crippen LogP contribution in [0.25, 0.3) is 0 Å². The highest BCUT2D eigenvalue weighted by Gasteiger charge is 2.06. The zero-order chi connectivity index (χ0) is 13.0. The van der Waals surface area contributed by atoms with Crippen molar-refractivity contribution in [2.45, 2.75) is 6.54 Å². The maximum atomic E-state index is 13.5. The van der Waals surface area contributed by atoms with Gasteiger partial charge in [-0.1, -0.05) is 17.7 Å². The van der Waals surface area contributed by atoms with Gasteiger partial charge in [0, 0.05) is 23.3 Å². The van der Waals surface area contributed by atoms with Gasteiger partial charge in [-0.25, -0.2) is 9.37 Å². The number of hydrogen-bond donors (Lipinski definition) is 1. The Hall–Kier alpha value is -1.81. The van der Waals surface area contributed by atoms with Crippen molar-refractivity contribution in [3.8, 4) is 5.88 Å². The van der Waals surface area contributed by atoms with Gasteiger partial charge in [-0.3, -0.25) is 0 Å². The lowest BCUT2D eigenvalue weighted by Crippen LogP contribution is -2.04. The molecule has 0 atom stereocenters. The van der Waals surface area contributed by atoms with Gasteiger partial charge in [0.15, 0.2) is 0 Å². The van der Waals surface area contributed by atoms with Gasteiger partial charge in [-0.15, -0.1) is 0 Å². The number of benzene rings is 1. The fraction of sp³-hybridized carbons (Fsp3) is 0.154. The third-order valence-electron chi connectivity index (χ3n) is 2.44. The predicted molar refractivity (Wildman–Crippen MR) is 69.5 cm³/mol. The van der Waals surface area contributed by atoms with Gasteiger partial charge in [0.1, 0.15) is 5.82 Å². The lowest BCUT2D eigenvalue weighted by atomic mass is 10.2. The highest BCUT2D eigenvalue weighted by molar-refractivity contribution is 6.30. The topological polar surface area (TPSA) is 34.1 Å². The van der Waals surface area contributed by atoms with E-state index in [1.54, 1.807) is 25.4 Å². The maximum Gasteiger partial charge on any atom is 0.218 e. The summed E-state index contributed by atoms with van der Waals surface area (Å²) < 4.78 is 18.6. The van der Waals surface area contributed by atoms with Crippen LogP contribution >= 0.6 is 11.6 Å². The molecule has 1 aromatic carbocycles. The lowest BCUT2D eigenvalue weighted by Gasteiger charge is -2.10. The van der Waals surface area contributed by atoms with Crippen LogP contribution in [0.2, 0.25) is 5.02 Å². The number of ether oxygens (including phenoxy) is 1. The SMILES string of the molecule is COc1ncccc1CNc1cc(Cl)ccc1F. The molecule has 0 spiro atoms. The number of anilines is 1. The van der Waals surface area contributed by atoms with Gasteiger partial charge in [0.25, 0.3) is 0 Å². The standard InChI is InChI=1S/C13H12ClFN2O/c1-18-13-9(3-2-6-16-13)8-17-12-7-10(14)4-5-11(12)15/h2-7,17H,8H2,1H3. The maximum absolute atomic E-state index is 13.5. The number of nitrogens with one attached hydrogen (secondary N) is 1. The van der Waals surface area contributed by atoms with E-state index in [4.69, 9.17) is 16.3 Å². The van der Waals surface area contributed by atoms with E-state index in [-0.39, 0.29) is 5.82 Å². The number of halogens is 2. The minimum atomic E-state index is -0.345. The quantitative estimate of drug-likeness (QED) is 0.920. The highest BCUT2D eigenvalue weighted by atomic mass is 35.5. The summed E-state index contributed by atoms with van der Waals surface area (Å²) >= 11 is 5.81. The van der Waals surface area contributed by atoms with Crippen LogP contribution in [0, 0.1) is 5.82 Å². The lowest BCUT2D eigenvalue weighted by molar-refractivity contribution is 0.393. The van der Waals surface area contributed by atoms with Crippen molar-refractivity contribution in [2.24, 2.45) is 0 Å². The van der Waals surface area contributed by atoms with Crippen molar-refractivity contribution in [1.29, 1.82) is 0 Å². The number of pyridine rings is 1. The molecule has 94 valence electrons. The summed E-state index contributed by atoms with van der Waals surface area (Å²) in [5.41, 5.74) is 1.20. The molecule has 1 heterocycles. The van der Waals surface area contributed by atoms with Gasteiger partial charge >= 0.3 is 0 Å². The average Bonchev–Trinajstić information content (AvgIpc) is 2.40. The summed E-state index contributed by atoms with van der Waals surface area (Å²) in [5, 5.41) is 3.45. The third-order valence-corrected chi connectivity index (χ3v) is 2.68. The Morgan fingerprint density at radius 1 is 1.39 bits per heavy atom. The molecule has 0 bridgehead atoms. The Labute approximate surface area is 110 Å². The summed E-state index contributed by atoms with van der Waals surface area (Å²) in [4.78, 5) is 4.07. The normalized spacial score (nSPS) is 10.2. The first-order chi connectivity index (χ1) is 8.70. The molecule has 0 radical (unpaired) electrons.